The Morgan fingerprint density at radius 3 is 1.18 bits per heavy atom. The van der Waals surface area contributed by atoms with Gasteiger partial charge in [0.2, 0.25) is 0 Å². The molecule has 0 fully saturated rings. The van der Waals surface area contributed by atoms with Gasteiger partial charge in [-0.3, -0.25) is 0 Å². The molecule has 0 aliphatic rings. The fourth-order valence-corrected chi connectivity index (χ4v) is 10.3. The molecule has 0 atom stereocenters. The highest BCUT2D eigenvalue weighted by molar-refractivity contribution is 6.32. The van der Waals surface area contributed by atoms with Gasteiger partial charge in [0, 0.05) is 0 Å². The molecule has 0 heteroatoms. The van der Waals surface area contributed by atoms with Gasteiger partial charge in [0.15, 0.2) is 0 Å². The van der Waals surface area contributed by atoms with Crippen LogP contribution in [0.2, 0.25) is 0 Å². The molecule has 0 bridgehead atoms. The van der Waals surface area contributed by atoms with Crippen LogP contribution in [-0.4, -0.2) is 0 Å². The van der Waals surface area contributed by atoms with Crippen molar-refractivity contribution in [3.05, 3.63) is 194 Å². The third kappa shape index (κ3) is 4.03. The van der Waals surface area contributed by atoms with E-state index in [0.717, 1.165) is 0 Å². The van der Waals surface area contributed by atoms with Crippen molar-refractivity contribution in [3.8, 4) is 33.4 Å². The molecule has 0 amide bonds. The predicted molar refractivity (Wildman–Crippen MR) is 243 cm³/mol. The largest absolute Gasteiger partial charge is 0.0616 e. The van der Waals surface area contributed by atoms with Crippen LogP contribution in [0.15, 0.2) is 194 Å². The molecule has 13 rings (SSSR count). The van der Waals surface area contributed by atoms with Crippen LogP contribution in [0.1, 0.15) is 0 Å². The van der Waals surface area contributed by atoms with E-state index in [1.54, 1.807) is 0 Å². The molecule has 0 saturated carbocycles. The van der Waals surface area contributed by atoms with Crippen LogP contribution >= 0.6 is 0 Å². The van der Waals surface area contributed by atoms with E-state index >= 15 is 0 Å². The van der Waals surface area contributed by atoms with E-state index < -0.39 is 0 Å². The van der Waals surface area contributed by atoms with Crippen LogP contribution in [0.4, 0.5) is 0 Å². The molecule has 0 aromatic heterocycles. The third-order valence-electron chi connectivity index (χ3n) is 12.7. The van der Waals surface area contributed by atoms with Crippen molar-refractivity contribution in [2.75, 3.05) is 0 Å². The van der Waals surface area contributed by atoms with Gasteiger partial charge >= 0.3 is 0 Å². The quantitative estimate of drug-likeness (QED) is 0.127. The first-order chi connectivity index (χ1) is 27.8. The Bertz CT molecular complexity index is 3720. The summed E-state index contributed by atoms with van der Waals surface area (Å²) in [6.45, 7) is 0. The highest BCUT2D eigenvalue weighted by Crippen LogP contribution is 2.50. The zero-order valence-electron chi connectivity index (χ0n) is 30.5. The monoisotopic (exact) mass is 704 g/mol. The van der Waals surface area contributed by atoms with Crippen molar-refractivity contribution < 1.29 is 0 Å². The molecule has 256 valence electrons. The summed E-state index contributed by atoms with van der Waals surface area (Å²) in [6, 6.07) is 73.1. The normalized spacial score (nSPS) is 12.3. The van der Waals surface area contributed by atoms with Gasteiger partial charge < -0.3 is 0 Å². The minimum Gasteiger partial charge on any atom is -0.0616 e. The van der Waals surface area contributed by atoms with Crippen LogP contribution in [0.25, 0.3) is 130 Å². The number of rotatable bonds is 3. The minimum atomic E-state index is 1.23. The minimum absolute atomic E-state index is 1.23. The van der Waals surface area contributed by atoms with Gasteiger partial charge in [-0.25, -0.2) is 0 Å². The fraction of sp³-hybridized carbons (Fsp3) is 0. The van der Waals surface area contributed by atoms with E-state index in [4.69, 9.17) is 0 Å². The van der Waals surface area contributed by atoms with Crippen molar-refractivity contribution in [3.63, 3.8) is 0 Å². The SMILES string of the molecule is c1ccc2c(-c3ccc4c(-c5ccc6ccc7cccc8ccc5c6c78)c5ccccc5c(-c5ccc6ccc7cccc8ccc5c6c78)c4c3)cccc2c1. The summed E-state index contributed by atoms with van der Waals surface area (Å²) < 4.78 is 0. The molecule has 0 heterocycles. The first kappa shape index (κ1) is 30.1. The van der Waals surface area contributed by atoms with E-state index in [1.807, 2.05) is 0 Å². The molecule has 0 spiro atoms. The fourth-order valence-electron chi connectivity index (χ4n) is 10.3. The van der Waals surface area contributed by atoms with Crippen molar-refractivity contribution in [1.29, 1.82) is 0 Å². The van der Waals surface area contributed by atoms with Crippen molar-refractivity contribution in [2.45, 2.75) is 0 Å². The van der Waals surface area contributed by atoms with Crippen molar-refractivity contribution >= 4 is 97.0 Å². The lowest BCUT2D eigenvalue weighted by Crippen LogP contribution is -1.94. The molecule has 13 aromatic rings. The Kier molecular flexibility index (Phi) is 5.98. The molecule has 0 saturated heterocycles. The molecule has 56 heavy (non-hydrogen) atoms. The Balaban J connectivity index is 1.21. The van der Waals surface area contributed by atoms with Gasteiger partial charge in [-0.2, -0.15) is 0 Å². The van der Waals surface area contributed by atoms with E-state index in [-0.39, 0.29) is 0 Å². The second-order valence-electron chi connectivity index (χ2n) is 15.5. The van der Waals surface area contributed by atoms with E-state index in [1.165, 1.54) is 130 Å². The number of hydrogen-bond acceptors (Lipinski definition) is 0. The van der Waals surface area contributed by atoms with Gasteiger partial charge in [0.1, 0.15) is 0 Å². The molecular formula is C56H32. The molecule has 0 aliphatic heterocycles. The maximum absolute atomic E-state index is 2.48. The highest BCUT2D eigenvalue weighted by atomic mass is 14.3. The first-order valence-electron chi connectivity index (χ1n) is 19.6. The van der Waals surface area contributed by atoms with Crippen molar-refractivity contribution in [2.24, 2.45) is 0 Å². The molecule has 0 unspecified atom stereocenters. The second kappa shape index (κ2) is 11.1. The Morgan fingerprint density at radius 2 is 0.589 bits per heavy atom. The van der Waals surface area contributed by atoms with Gasteiger partial charge in [0.05, 0.1) is 0 Å². The Labute approximate surface area is 323 Å². The summed E-state index contributed by atoms with van der Waals surface area (Å²) in [5, 5.41) is 23.3. The van der Waals surface area contributed by atoms with Crippen molar-refractivity contribution in [1.82, 2.24) is 0 Å². The lowest BCUT2D eigenvalue weighted by molar-refractivity contribution is 1.67. The maximum Gasteiger partial charge on any atom is -0.00199 e. The summed E-state index contributed by atoms with van der Waals surface area (Å²) in [6.07, 6.45) is 0. The summed E-state index contributed by atoms with van der Waals surface area (Å²) in [7, 11) is 0. The standard InChI is InChI=1S/C56H32/c1-2-14-41-33(8-1)9-7-17-42(41)40-26-31-49-50(32-40)56(48-30-25-39-21-19-35-11-6-13-37-23-28-46(48)54(39)52(35)37)44-16-4-3-15-43(44)55(49)47-29-24-38-20-18-34-10-5-12-36-22-27-45(47)53(38)51(34)36/h1-32H. The van der Waals surface area contributed by atoms with Crippen LogP contribution in [-0.2, 0) is 0 Å². The Hall–Kier alpha value is -7.28. The second-order valence-corrected chi connectivity index (χ2v) is 15.5. The summed E-state index contributed by atoms with van der Waals surface area (Å²) in [5.74, 6) is 0. The highest BCUT2D eigenvalue weighted by Gasteiger charge is 2.22. The lowest BCUT2D eigenvalue weighted by Gasteiger charge is -2.22. The average molecular weight is 705 g/mol. The van der Waals surface area contributed by atoms with Crippen LogP contribution < -0.4 is 0 Å². The number of hydrogen-bond donors (Lipinski definition) is 0. The van der Waals surface area contributed by atoms with E-state index in [2.05, 4.69) is 194 Å². The number of benzene rings is 13. The molecule has 0 radical (unpaired) electrons. The smallest absolute Gasteiger partial charge is 0.00199 e. The topological polar surface area (TPSA) is 0 Å². The zero-order valence-corrected chi connectivity index (χ0v) is 30.5. The molecule has 13 aromatic carbocycles. The van der Waals surface area contributed by atoms with E-state index in [9.17, 15) is 0 Å². The summed E-state index contributed by atoms with van der Waals surface area (Å²) >= 11 is 0. The molecule has 0 aliphatic carbocycles. The molecular weight excluding hydrogens is 673 g/mol. The number of fused-ring (bicyclic) bond motifs is 3. The van der Waals surface area contributed by atoms with Gasteiger partial charge in [-0.1, -0.05) is 188 Å². The van der Waals surface area contributed by atoms with Crippen LogP contribution in [0, 0.1) is 0 Å². The summed E-state index contributed by atoms with van der Waals surface area (Å²) in [5.41, 5.74) is 7.61. The predicted octanol–water partition coefficient (Wildman–Crippen LogP) is 15.9. The zero-order chi connectivity index (χ0) is 36.5. The first-order valence-corrected chi connectivity index (χ1v) is 19.6. The third-order valence-corrected chi connectivity index (χ3v) is 12.7. The Morgan fingerprint density at radius 1 is 0.196 bits per heavy atom. The van der Waals surface area contributed by atoms with Gasteiger partial charge in [-0.05, 0) is 136 Å². The van der Waals surface area contributed by atoms with Crippen LogP contribution in [0.5, 0.6) is 0 Å². The molecule has 0 nitrogen and oxygen atoms in total. The van der Waals surface area contributed by atoms with Gasteiger partial charge in [0.25, 0.3) is 0 Å². The van der Waals surface area contributed by atoms with Gasteiger partial charge in [-0.15, -0.1) is 0 Å². The molecule has 0 N–H and O–H groups in total. The van der Waals surface area contributed by atoms with Crippen LogP contribution in [0.3, 0.4) is 0 Å². The maximum atomic E-state index is 2.48. The summed E-state index contributed by atoms with van der Waals surface area (Å²) in [4.78, 5) is 0. The average Bonchev–Trinajstić information content (AvgIpc) is 3.26. The van der Waals surface area contributed by atoms with E-state index in [0.29, 0.717) is 0 Å². The lowest BCUT2D eigenvalue weighted by atomic mass is 9.81.